The molecule has 0 radical (unpaired) electrons. The number of thioether (sulfide) groups is 1. The normalized spacial score (nSPS) is 10.0. The Hall–Kier alpha value is -0.270. The van der Waals surface area contributed by atoms with Crippen LogP contribution in [-0.4, -0.2) is 24.0 Å². The zero-order chi connectivity index (χ0) is 11.1. The van der Waals surface area contributed by atoms with E-state index in [4.69, 9.17) is 5.73 Å². The number of halogens is 1. The van der Waals surface area contributed by atoms with Crippen molar-refractivity contribution in [1.29, 1.82) is 0 Å². The molecule has 3 N–H and O–H groups in total. The van der Waals surface area contributed by atoms with Crippen LogP contribution in [-0.2, 0) is 4.79 Å². The summed E-state index contributed by atoms with van der Waals surface area (Å²) in [6.45, 7) is 0.612. The number of hydrogen-bond donors (Lipinski definition) is 2. The number of carbonyl (C=O) groups excluding carboxylic acids is 1. The summed E-state index contributed by atoms with van der Waals surface area (Å²) in [6.07, 6.45) is 0. The molecule has 82 valence electrons. The van der Waals surface area contributed by atoms with Crippen LogP contribution in [0.4, 0.5) is 5.69 Å². The number of nitrogens with two attached hydrogens (primary N) is 1. The van der Waals surface area contributed by atoms with E-state index in [1.54, 1.807) is 11.8 Å². The fourth-order valence-corrected chi connectivity index (χ4v) is 2.12. The lowest BCUT2D eigenvalue weighted by Crippen LogP contribution is -2.15. The Labute approximate surface area is 107 Å². The van der Waals surface area contributed by atoms with Gasteiger partial charge in [-0.05, 0) is 40.8 Å². The van der Waals surface area contributed by atoms with E-state index in [1.807, 2.05) is 24.3 Å². The van der Waals surface area contributed by atoms with E-state index in [0.29, 0.717) is 12.3 Å². The summed E-state index contributed by atoms with van der Waals surface area (Å²) in [6, 6.07) is 7.73. The van der Waals surface area contributed by atoms with Gasteiger partial charge in [0.1, 0.15) is 0 Å². The highest BCUT2D eigenvalue weighted by Gasteiger charge is 2.01. The summed E-state index contributed by atoms with van der Waals surface area (Å²) < 4.78 is 1.11. The number of rotatable bonds is 5. The van der Waals surface area contributed by atoms with Gasteiger partial charge in [-0.1, -0.05) is 6.07 Å². The number of hydrogen-bond acceptors (Lipinski definition) is 3. The fraction of sp³-hybridized carbons (Fsp3) is 0.300. The van der Waals surface area contributed by atoms with Gasteiger partial charge in [0.2, 0.25) is 5.91 Å². The average molecular weight is 336 g/mol. The van der Waals surface area contributed by atoms with Crippen LogP contribution in [0.5, 0.6) is 0 Å². The van der Waals surface area contributed by atoms with E-state index in [0.717, 1.165) is 15.0 Å². The summed E-state index contributed by atoms with van der Waals surface area (Å²) >= 11 is 3.76. The van der Waals surface area contributed by atoms with Crippen molar-refractivity contribution in [2.75, 3.05) is 23.4 Å². The molecule has 0 fully saturated rings. The minimum atomic E-state index is 0.0236. The molecule has 0 bridgehead atoms. The zero-order valence-corrected chi connectivity index (χ0v) is 11.2. The molecule has 0 atom stereocenters. The average Bonchev–Trinajstić information content (AvgIpc) is 2.18. The van der Waals surface area contributed by atoms with E-state index in [-0.39, 0.29) is 5.91 Å². The van der Waals surface area contributed by atoms with Crippen molar-refractivity contribution >= 4 is 45.9 Å². The molecule has 0 aliphatic rings. The van der Waals surface area contributed by atoms with E-state index in [2.05, 4.69) is 27.9 Å². The highest BCUT2D eigenvalue weighted by Crippen LogP contribution is 2.12. The van der Waals surface area contributed by atoms with Crippen molar-refractivity contribution in [3.05, 3.63) is 27.8 Å². The summed E-state index contributed by atoms with van der Waals surface area (Å²) in [5.41, 5.74) is 6.18. The van der Waals surface area contributed by atoms with E-state index in [9.17, 15) is 4.79 Å². The van der Waals surface area contributed by atoms with Gasteiger partial charge in [-0.2, -0.15) is 11.8 Å². The lowest BCUT2D eigenvalue weighted by atomic mass is 10.3. The van der Waals surface area contributed by atoms with Crippen LogP contribution in [0.1, 0.15) is 0 Å². The van der Waals surface area contributed by atoms with Crippen LogP contribution in [0.25, 0.3) is 0 Å². The summed E-state index contributed by atoms with van der Waals surface area (Å²) in [5.74, 6) is 1.30. The first-order valence-corrected chi connectivity index (χ1v) is 6.79. The highest BCUT2D eigenvalue weighted by molar-refractivity contribution is 14.1. The van der Waals surface area contributed by atoms with E-state index >= 15 is 0 Å². The van der Waals surface area contributed by atoms with Gasteiger partial charge in [-0.15, -0.1) is 0 Å². The van der Waals surface area contributed by atoms with Gasteiger partial charge in [0.05, 0.1) is 5.75 Å². The molecule has 0 spiro atoms. The number of anilines is 1. The molecule has 1 rings (SSSR count). The maximum absolute atomic E-state index is 11.4. The van der Waals surface area contributed by atoms with Crippen molar-refractivity contribution in [1.82, 2.24) is 0 Å². The maximum atomic E-state index is 11.4. The van der Waals surface area contributed by atoms with Crippen LogP contribution in [0.15, 0.2) is 24.3 Å². The first-order valence-electron chi connectivity index (χ1n) is 4.55. The number of benzene rings is 1. The second-order valence-electron chi connectivity index (χ2n) is 2.90. The minimum absolute atomic E-state index is 0.0236. The van der Waals surface area contributed by atoms with Crippen LogP contribution in [0.2, 0.25) is 0 Å². The molecule has 0 unspecified atom stereocenters. The second-order valence-corrected chi connectivity index (χ2v) is 5.25. The molecule has 0 aliphatic carbocycles. The van der Waals surface area contributed by atoms with Crippen molar-refractivity contribution in [2.24, 2.45) is 5.73 Å². The lowest BCUT2D eigenvalue weighted by Gasteiger charge is -2.04. The quantitative estimate of drug-likeness (QED) is 0.638. The predicted octanol–water partition coefficient (Wildman–Crippen LogP) is 1.92. The molecule has 1 aromatic carbocycles. The Kier molecular flexibility index (Phi) is 6.04. The number of nitrogens with one attached hydrogen (secondary N) is 1. The topological polar surface area (TPSA) is 55.1 Å². The SMILES string of the molecule is NCCSCC(=O)Nc1cccc(I)c1. The van der Waals surface area contributed by atoms with Gasteiger partial charge in [-0.3, -0.25) is 4.79 Å². The molecule has 5 heteroatoms. The molecule has 0 saturated carbocycles. The third-order valence-electron chi connectivity index (χ3n) is 1.60. The van der Waals surface area contributed by atoms with Gasteiger partial charge >= 0.3 is 0 Å². The van der Waals surface area contributed by atoms with Crippen molar-refractivity contribution < 1.29 is 4.79 Å². The molecule has 0 heterocycles. The van der Waals surface area contributed by atoms with Gasteiger partial charge < -0.3 is 11.1 Å². The third kappa shape index (κ3) is 5.39. The third-order valence-corrected chi connectivity index (χ3v) is 3.27. The first kappa shape index (κ1) is 12.8. The fourth-order valence-electron chi connectivity index (χ4n) is 1.01. The van der Waals surface area contributed by atoms with Gasteiger partial charge in [-0.25, -0.2) is 0 Å². The first-order chi connectivity index (χ1) is 7.22. The zero-order valence-electron chi connectivity index (χ0n) is 8.20. The van der Waals surface area contributed by atoms with Crippen molar-refractivity contribution in [3.8, 4) is 0 Å². The molecule has 3 nitrogen and oxygen atoms in total. The smallest absolute Gasteiger partial charge is 0.234 e. The molecule has 0 aliphatic heterocycles. The van der Waals surface area contributed by atoms with E-state index < -0.39 is 0 Å². The maximum Gasteiger partial charge on any atom is 0.234 e. The molecule has 0 saturated heterocycles. The highest BCUT2D eigenvalue weighted by atomic mass is 127. The predicted molar refractivity (Wildman–Crippen MR) is 74.2 cm³/mol. The van der Waals surface area contributed by atoms with Crippen LogP contribution >= 0.6 is 34.4 Å². The Morgan fingerprint density at radius 1 is 1.53 bits per heavy atom. The Balaban J connectivity index is 2.37. The standard InChI is InChI=1S/C10H13IN2OS/c11-8-2-1-3-9(6-8)13-10(14)7-15-5-4-12/h1-3,6H,4-5,7,12H2,(H,13,14). The molecule has 0 aromatic heterocycles. The molecular weight excluding hydrogens is 323 g/mol. The van der Waals surface area contributed by atoms with Gasteiger partial charge in [0, 0.05) is 21.6 Å². The monoisotopic (exact) mass is 336 g/mol. The Bertz CT molecular complexity index is 333. The largest absolute Gasteiger partial charge is 0.330 e. The van der Waals surface area contributed by atoms with Crippen LogP contribution in [0.3, 0.4) is 0 Å². The molecule has 15 heavy (non-hydrogen) atoms. The summed E-state index contributed by atoms with van der Waals surface area (Å²) in [7, 11) is 0. The van der Waals surface area contributed by atoms with Crippen LogP contribution < -0.4 is 11.1 Å². The second kappa shape index (κ2) is 7.08. The Morgan fingerprint density at radius 3 is 3.00 bits per heavy atom. The summed E-state index contributed by atoms with van der Waals surface area (Å²) in [5, 5.41) is 2.84. The molecular formula is C10H13IN2OS. The van der Waals surface area contributed by atoms with Crippen LogP contribution in [0, 0.1) is 3.57 Å². The number of amides is 1. The molecule has 1 amide bonds. The van der Waals surface area contributed by atoms with Gasteiger partial charge in [0.15, 0.2) is 0 Å². The van der Waals surface area contributed by atoms with Gasteiger partial charge in [0.25, 0.3) is 0 Å². The lowest BCUT2D eigenvalue weighted by molar-refractivity contribution is -0.113. The van der Waals surface area contributed by atoms with Crippen molar-refractivity contribution in [3.63, 3.8) is 0 Å². The number of carbonyl (C=O) groups is 1. The Morgan fingerprint density at radius 2 is 2.33 bits per heavy atom. The summed E-state index contributed by atoms with van der Waals surface area (Å²) in [4.78, 5) is 11.4. The molecule has 1 aromatic rings. The van der Waals surface area contributed by atoms with Crippen molar-refractivity contribution in [2.45, 2.75) is 0 Å². The minimum Gasteiger partial charge on any atom is -0.330 e. The van der Waals surface area contributed by atoms with E-state index in [1.165, 1.54) is 0 Å².